The van der Waals surface area contributed by atoms with Crippen LogP contribution in [0.5, 0.6) is 0 Å². The van der Waals surface area contributed by atoms with Crippen LogP contribution in [-0.2, 0) is 22.6 Å². The number of fused-ring (bicyclic) bond motifs is 1. The number of hydrogen-bond acceptors (Lipinski definition) is 4. The van der Waals surface area contributed by atoms with Gasteiger partial charge in [0.2, 0.25) is 0 Å². The molecule has 0 bridgehead atoms. The highest BCUT2D eigenvalue weighted by Gasteiger charge is 2.19. The van der Waals surface area contributed by atoms with Crippen molar-refractivity contribution in [2.24, 2.45) is 0 Å². The average Bonchev–Trinajstić information content (AvgIpc) is 3.01. The maximum Gasteiger partial charge on any atom is 0.0701 e. The predicted octanol–water partition coefficient (Wildman–Crippen LogP) is 3.79. The Morgan fingerprint density at radius 2 is 1.76 bits per heavy atom. The van der Waals surface area contributed by atoms with Gasteiger partial charge in [0.1, 0.15) is 0 Å². The molecule has 2 rings (SSSR count). The smallest absolute Gasteiger partial charge is 0.0701 e. The van der Waals surface area contributed by atoms with Gasteiger partial charge in [-0.05, 0) is 29.0 Å². The molecule has 1 aliphatic rings. The van der Waals surface area contributed by atoms with E-state index in [4.69, 9.17) is 9.47 Å². The first-order valence-corrected chi connectivity index (χ1v) is 9.83. The van der Waals surface area contributed by atoms with Crippen LogP contribution in [0.2, 0.25) is 0 Å². The van der Waals surface area contributed by atoms with Crippen molar-refractivity contribution in [3.05, 3.63) is 34.9 Å². The number of nitrogens with one attached hydrogen (secondary N) is 1. The summed E-state index contributed by atoms with van der Waals surface area (Å²) in [6.07, 6.45) is 1.20. The van der Waals surface area contributed by atoms with Gasteiger partial charge in [0, 0.05) is 33.6 Å². The molecule has 1 aliphatic heterocycles. The first-order chi connectivity index (χ1) is 12.1. The highest BCUT2D eigenvalue weighted by atomic mass is 16.5. The minimum atomic E-state index is 0. The molecule has 0 amide bonds. The molecule has 1 unspecified atom stereocenters. The third-order valence-electron chi connectivity index (χ3n) is 4.92. The van der Waals surface area contributed by atoms with Crippen LogP contribution >= 0.6 is 0 Å². The molecule has 1 N–H and O–H groups in total. The molecule has 4 nitrogen and oxygen atoms in total. The largest absolute Gasteiger partial charge is 0.378 e. The number of rotatable bonds is 12. The van der Waals surface area contributed by atoms with Crippen LogP contribution < -0.4 is 5.32 Å². The van der Waals surface area contributed by atoms with E-state index in [9.17, 15) is 0 Å². The van der Waals surface area contributed by atoms with Gasteiger partial charge in [-0.25, -0.2) is 0 Å². The highest BCUT2D eigenvalue weighted by molar-refractivity contribution is 5.36. The summed E-state index contributed by atoms with van der Waals surface area (Å²) in [6.45, 7) is 15.7. The quantitative estimate of drug-likeness (QED) is 0.582. The zero-order chi connectivity index (χ0) is 18.1. The van der Waals surface area contributed by atoms with Crippen molar-refractivity contribution < 1.29 is 10.9 Å². The fourth-order valence-electron chi connectivity index (χ4n) is 3.12. The van der Waals surface area contributed by atoms with Crippen molar-refractivity contribution in [1.29, 1.82) is 0 Å². The van der Waals surface area contributed by atoms with Gasteiger partial charge in [0.25, 0.3) is 0 Å². The summed E-state index contributed by atoms with van der Waals surface area (Å²) in [7, 11) is 0. The first kappa shape index (κ1) is 20.4. The van der Waals surface area contributed by atoms with Gasteiger partial charge < -0.3 is 14.8 Å². The van der Waals surface area contributed by atoms with E-state index in [0.717, 1.165) is 39.4 Å². The molecular formula is C21H38N2O2. The second-order valence-electron chi connectivity index (χ2n) is 7.38. The van der Waals surface area contributed by atoms with Crippen molar-refractivity contribution in [2.45, 2.75) is 59.2 Å². The van der Waals surface area contributed by atoms with Crippen LogP contribution in [0.1, 0.15) is 58.2 Å². The van der Waals surface area contributed by atoms with Gasteiger partial charge in [-0.1, -0.05) is 45.9 Å². The molecule has 1 aromatic rings. The summed E-state index contributed by atoms with van der Waals surface area (Å²) in [5.74, 6) is 0.651. The predicted molar refractivity (Wildman–Crippen MR) is 106 cm³/mol. The van der Waals surface area contributed by atoms with Crippen LogP contribution in [0.15, 0.2) is 18.2 Å². The van der Waals surface area contributed by atoms with E-state index in [2.05, 4.69) is 56.1 Å². The Morgan fingerprint density at radius 3 is 2.48 bits per heavy atom. The minimum Gasteiger partial charge on any atom is -0.378 e. The molecular weight excluding hydrogens is 312 g/mol. The molecule has 0 radical (unpaired) electrons. The zero-order valence-corrected chi connectivity index (χ0v) is 16.5. The maximum atomic E-state index is 5.71. The first-order valence-electron chi connectivity index (χ1n) is 9.83. The average molecular weight is 351 g/mol. The number of nitrogens with zero attached hydrogens (tertiary/aromatic N) is 1. The second kappa shape index (κ2) is 10.9. The summed E-state index contributed by atoms with van der Waals surface area (Å²) in [5.41, 5.74) is 4.45. The van der Waals surface area contributed by atoms with E-state index < -0.39 is 0 Å². The molecule has 25 heavy (non-hydrogen) atoms. The van der Waals surface area contributed by atoms with Crippen molar-refractivity contribution in [3.8, 4) is 0 Å². The Morgan fingerprint density at radius 1 is 1.04 bits per heavy atom. The number of benzene rings is 1. The van der Waals surface area contributed by atoms with E-state index in [-0.39, 0.29) is 1.43 Å². The van der Waals surface area contributed by atoms with Gasteiger partial charge in [-0.3, -0.25) is 4.90 Å². The molecule has 1 atom stereocenters. The van der Waals surface area contributed by atoms with Crippen LogP contribution in [0.3, 0.4) is 0 Å². The molecule has 0 saturated heterocycles. The summed E-state index contributed by atoms with van der Waals surface area (Å²) in [4.78, 5) is 2.47. The topological polar surface area (TPSA) is 33.7 Å². The summed E-state index contributed by atoms with van der Waals surface area (Å²) in [5, 5.41) is 3.34. The van der Waals surface area contributed by atoms with Gasteiger partial charge >= 0.3 is 0 Å². The van der Waals surface area contributed by atoms with E-state index >= 15 is 0 Å². The van der Waals surface area contributed by atoms with Crippen LogP contribution in [0.4, 0.5) is 0 Å². The van der Waals surface area contributed by atoms with E-state index in [1.807, 2.05) is 0 Å². The summed E-state index contributed by atoms with van der Waals surface area (Å²) >= 11 is 0. The maximum absolute atomic E-state index is 5.71. The number of ether oxygens (including phenoxy) is 2. The molecule has 0 spiro atoms. The third-order valence-corrected chi connectivity index (χ3v) is 4.92. The Hall–Kier alpha value is -0.940. The molecule has 0 aromatic heterocycles. The lowest BCUT2D eigenvalue weighted by Gasteiger charge is -2.14. The molecule has 4 heteroatoms. The standard InChI is InChI=1S/C21H36N2O2.H2/c1-5-18(4)19-6-7-20-15-23(16-21(20)14-19)9-11-25-13-12-24-10-8-22-17(2)3;/h6-7,14,17-18,22H,5,8-13,15-16H2,1-4H3;1H. The SMILES string of the molecule is CCC(C)c1ccc2c(c1)CN(CCOCCOCCNC(C)C)C2.[HH]. The van der Waals surface area contributed by atoms with Gasteiger partial charge in [-0.2, -0.15) is 0 Å². The lowest BCUT2D eigenvalue weighted by Crippen LogP contribution is -2.27. The van der Waals surface area contributed by atoms with E-state index in [1.54, 1.807) is 0 Å². The van der Waals surface area contributed by atoms with Gasteiger partial charge in [0.15, 0.2) is 0 Å². The third kappa shape index (κ3) is 7.06. The monoisotopic (exact) mass is 350 g/mol. The molecule has 0 fully saturated rings. The Labute approximate surface area is 155 Å². The zero-order valence-electron chi connectivity index (χ0n) is 16.5. The Kier molecular flexibility index (Phi) is 8.90. The van der Waals surface area contributed by atoms with Crippen molar-refractivity contribution in [3.63, 3.8) is 0 Å². The van der Waals surface area contributed by atoms with Crippen molar-refractivity contribution in [1.82, 2.24) is 10.2 Å². The van der Waals surface area contributed by atoms with Gasteiger partial charge in [0.05, 0.1) is 26.4 Å². The van der Waals surface area contributed by atoms with Crippen molar-refractivity contribution >= 4 is 0 Å². The van der Waals surface area contributed by atoms with Crippen molar-refractivity contribution in [2.75, 3.05) is 39.5 Å². The molecule has 0 aliphatic carbocycles. The van der Waals surface area contributed by atoms with Crippen LogP contribution in [0.25, 0.3) is 0 Å². The molecule has 1 heterocycles. The molecule has 0 saturated carbocycles. The molecule has 144 valence electrons. The fourth-order valence-corrected chi connectivity index (χ4v) is 3.12. The van der Waals surface area contributed by atoms with E-state index in [1.165, 1.54) is 23.1 Å². The lowest BCUT2D eigenvalue weighted by atomic mass is 9.95. The fraction of sp³-hybridized carbons (Fsp3) is 0.714. The Balaban J connectivity index is 0.00000338. The highest BCUT2D eigenvalue weighted by Crippen LogP contribution is 2.27. The lowest BCUT2D eigenvalue weighted by molar-refractivity contribution is 0.0388. The number of hydrogen-bond donors (Lipinski definition) is 1. The molecule has 1 aromatic carbocycles. The summed E-state index contributed by atoms with van der Waals surface area (Å²) < 4.78 is 11.3. The van der Waals surface area contributed by atoms with Crippen LogP contribution in [0, 0.1) is 0 Å². The minimum absolute atomic E-state index is 0. The van der Waals surface area contributed by atoms with E-state index in [0.29, 0.717) is 25.2 Å². The Bertz CT molecular complexity index is 511. The van der Waals surface area contributed by atoms with Gasteiger partial charge in [-0.15, -0.1) is 0 Å². The van der Waals surface area contributed by atoms with Crippen LogP contribution in [-0.4, -0.2) is 50.5 Å². The summed E-state index contributed by atoms with van der Waals surface area (Å²) in [6, 6.07) is 7.55. The second-order valence-corrected chi connectivity index (χ2v) is 7.38. The normalized spacial score (nSPS) is 15.7.